The fraction of sp³-hybridized carbons (Fsp3) is 0.900. The van der Waals surface area contributed by atoms with Crippen LogP contribution in [0.15, 0.2) is 0 Å². The van der Waals surface area contributed by atoms with Crippen LogP contribution >= 0.6 is 0 Å². The van der Waals surface area contributed by atoms with Crippen LogP contribution in [-0.4, -0.2) is 25.3 Å². The number of ether oxygens (including phenoxy) is 2. The van der Waals surface area contributed by atoms with Gasteiger partial charge >= 0.3 is 5.97 Å². The van der Waals surface area contributed by atoms with E-state index in [1.165, 1.54) is 6.92 Å². The van der Waals surface area contributed by atoms with Crippen LogP contribution in [-0.2, 0) is 14.3 Å². The molecule has 0 aliphatic heterocycles. The van der Waals surface area contributed by atoms with Crippen molar-refractivity contribution in [3.05, 3.63) is 0 Å². The highest BCUT2D eigenvalue weighted by Crippen LogP contribution is 1.98. The highest BCUT2D eigenvalue weighted by molar-refractivity contribution is 5.65. The zero-order chi connectivity index (χ0) is 10.1. The average molecular weight is 188 g/mol. The molecule has 13 heavy (non-hydrogen) atoms. The summed E-state index contributed by atoms with van der Waals surface area (Å²) in [6, 6.07) is 0. The summed E-state index contributed by atoms with van der Waals surface area (Å²) >= 11 is 0. The highest BCUT2D eigenvalue weighted by Gasteiger charge is 1.97. The number of carbonyl (C=O) groups is 1. The number of hydrogen-bond donors (Lipinski definition) is 0. The Hall–Kier alpha value is -0.570. The van der Waals surface area contributed by atoms with Crippen molar-refractivity contribution in [2.24, 2.45) is 0 Å². The van der Waals surface area contributed by atoms with Crippen molar-refractivity contribution in [1.29, 1.82) is 0 Å². The van der Waals surface area contributed by atoms with E-state index in [-0.39, 0.29) is 5.97 Å². The fourth-order valence-electron chi connectivity index (χ4n) is 0.822. The summed E-state index contributed by atoms with van der Waals surface area (Å²) in [7, 11) is 0. The summed E-state index contributed by atoms with van der Waals surface area (Å²) in [6.45, 7) is 6.86. The molecule has 1 atom stereocenters. The third kappa shape index (κ3) is 9.34. The van der Waals surface area contributed by atoms with Crippen molar-refractivity contribution in [3.63, 3.8) is 0 Å². The lowest BCUT2D eigenvalue weighted by Gasteiger charge is -2.09. The number of rotatable bonds is 7. The van der Waals surface area contributed by atoms with Crippen molar-refractivity contribution in [3.8, 4) is 0 Å². The first kappa shape index (κ1) is 12.4. The minimum absolute atomic E-state index is 0.206. The van der Waals surface area contributed by atoms with Gasteiger partial charge in [0.05, 0.1) is 12.7 Å². The first-order chi connectivity index (χ1) is 6.16. The predicted molar refractivity (Wildman–Crippen MR) is 51.6 cm³/mol. The molecule has 0 N–H and O–H groups in total. The van der Waals surface area contributed by atoms with E-state index in [4.69, 9.17) is 9.47 Å². The molecule has 0 spiro atoms. The lowest BCUT2D eigenvalue weighted by molar-refractivity contribution is -0.141. The molecule has 0 unspecified atom stereocenters. The molecule has 0 fully saturated rings. The molecule has 0 aliphatic rings. The molecule has 0 rings (SSSR count). The maximum atomic E-state index is 10.4. The van der Waals surface area contributed by atoms with Gasteiger partial charge in [0.1, 0.15) is 0 Å². The quantitative estimate of drug-likeness (QED) is 0.453. The van der Waals surface area contributed by atoms with E-state index in [9.17, 15) is 4.79 Å². The third-order valence-corrected chi connectivity index (χ3v) is 1.82. The number of esters is 1. The Morgan fingerprint density at radius 1 is 1.31 bits per heavy atom. The molecule has 0 amide bonds. The third-order valence-electron chi connectivity index (χ3n) is 1.82. The van der Waals surface area contributed by atoms with Crippen molar-refractivity contribution in [1.82, 2.24) is 0 Å². The van der Waals surface area contributed by atoms with E-state index in [1.54, 1.807) is 0 Å². The van der Waals surface area contributed by atoms with Crippen LogP contribution in [0.5, 0.6) is 0 Å². The monoisotopic (exact) mass is 188 g/mol. The molecule has 0 saturated carbocycles. The molecular weight excluding hydrogens is 168 g/mol. The summed E-state index contributed by atoms with van der Waals surface area (Å²) in [4.78, 5) is 10.4. The molecule has 0 radical (unpaired) electrons. The van der Waals surface area contributed by atoms with Crippen LogP contribution in [0.3, 0.4) is 0 Å². The molecule has 0 aromatic carbocycles. The Morgan fingerprint density at radius 3 is 2.46 bits per heavy atom. The maximum absolute atomic E-state index is 10.4. The first-order valence-electron chi connectivity index (χ1n) is 4.91. The van der Waals surface area contributed by atoms with Gasteiger partial charge in [-0.1, -0.05) is 6.92 Å². The average Bonchev–Trinajstić information content (AvgIpc) is 2.10. The normalized spacial score (nSPS) is 12.5. The van der Waals surface area contributed by atoms with Gasteiger partial charge in [-0.05, 0) is 26.2 Å². The van der Waals surface area contributed by atoms with E-state index in [2.05, 4.69) is 13.8 Å². The Labute approximate surface area is 80.4 Å². The molecule has 0 aromatic heterocycles. The van der Waals surface area contributed by atoms with Crippen molar-refractivity contribution >= 4 is 5.97 Å². The van der Waals surface area contributed by atoms with Crippen LogP contribution in [0.2, 0.25) is 0 Å². The van der Waals surface area contributed by atoms with Gasteiger partial charge in [0.25, 0.3) is 0 Å². The van der Waals surface area contributed by atoms with Gasteiger partial charge in [0, 0.05) is 13.5 Å². The molecule has 78 valence electrons. The van der Waals surface area contributed by atoms with Crippen molar-refractivity contribution in [2.45, 2.75) is 46.1 Å². The first-order valence-corrected chi connectivity index (χ1v) is 4.91. The van der Waals surface area contributed by atoms with Crippen LogP contribution in [0, 0.1) is 0 Å². The van der Waals surface area contributed by atoms with Gasteiger partial charge in [-0.2, -0.15) is 0 Å². The SMILES string of the molecule is CC[C@@H](C)OCCCCOC(C)=O. The summed E-state index contributed by atoms with van der Waals surface area (Å²) in [6.07, 6.45) is 3.23. The predicted octanol–water partition coefficient (Wildman–Crippen LogP) is 2.14. The van der Waals surface area contributed by atoms with Crippen molar-refractivity contribution in [2.75, 3.05) is 13.2 Å². The second kappa shape index (κ2) is 8.05. The highest BCUT2D eigenvalue weighted by atomic mass is 16.5. The second-order valence-electron chi connectivity index (χ2n) is 3.14. The zero-order valence-electron chi connectivity index (χ0n) is 8.84. The molecule has 0 aliphatic carbocycles. The molecular formula is C10H20O3. The van der Waals surface area contributed by atoms with Gasteiger partial charge in [0.2, 0.25) is 0 Å². The Balaban J connectivity index is 3.04. The van der Waals surface area contributed by atoms with Gasteiger partial charge in [-0.15, -0.1) is 0 Å². The lowest BCUT2D eigenvalue weighted by Crippen LogP contribution is -2.08. The van der Waals surface area contributed by atoms with Crippen LogP contribution in [0.1, 0.15) is 40.0 Å². The van der Waals surface area contributed by atoms with E-state index in [0.717, 1.165) is 25.9 Å². The summed E-state index contributed by atoms with van der Waals surface area (Å²) in [5.74, 6) is -0.206. The minimum Gasteiger partial charge on any atom is -0.466 e. The molecule has 3 nitrogen and oxygen atoms in total. The van der Waals surface area contributed by atoms with E-state index >= 15 is 0 Å². The molecule has 0 aromatic rings. The fourth-order valence-corrected chi connectivity index (χ4v) is 0.822. The van der Waals surface area contributed by atoms with E-state index in [1.807, 2.05) is 0 Å². The van der Waals surface area contributed by atoms with E-state index in [0.29, 0.717) is 12.7 Å². The summed E-state index contributed by atoms with van der Waals surface area (Å²) in [5, 5.41) is 0. The molecule has 0 bridgehead atoms. The van der Waals surface area contributed by atoms with Gasteiger partial charge in [0.15, 0.2) is 0 Å². The number of unbranched alkanes of at least 4 members (excludes halogenated alkanes) is 1. The maximum Gasteiger partial charge on any atom is 0.302 e. The number of hydrogen-bond acceptors (Lipinski definition) is 3. The van der Waals surface area contributed by atoms with Crippen molar-refractivity contribution < 1.29 is 14.3 Å². The molecule has 0 heterocycles. The minimum atomic E-state index is -0.206. The summed E-state index contributed by atoms with van der Waals surface area (Å²) < 4.78 is 10.2. The Bertz CT molecular complexity index is 134. The standard InChI is InChI=1S/C10H20O3/c1-4-9(2)12-7-5-6-8-13-10(3)11/h9H,4-8H2,1-3H3/t9-/m1/s1. The molecule has 3 heteroatoms. The Kier molecular flexibility index (Phi) is 7.69. The smallest absolute Gasteiger partial charge is 0.302 e. The lowest BCUT2D eigenvalue weighted by atomic mass is 10.3. The summed E-state index contributed by atoms with van der Waals surface area (Å²) in [5.41, 5.74) is 0. The van der Waals surface area contributed by atoms with Crippen LogP contribution in [0.25, 0.3) is 0 Å². The number of carbonyl (C=O) groups excluding carboxylic acids is 1. The second-order valence-corrected chi connectivity index (χ2v) is 3.14. The van der Waals surface area contributed by atoms with Crippen LogP contribution in [0.4, 0.5) is 0 Å². The zero-order valence-corrected chi connectivity index (χ0v) is 8.84. The topological polar surface area (TPSA) is 35.5 Å². The van der Waals surface area contributed by atoms with Gasteiger partial charge in [-0.3, -0.25) is 4.79 Å². The van der Waals surface area contributed by atoms with Gasteiger partial charge < -0.3 is 9.47 Å². The van der Waals surface area contributed by atoms with Crippen LogP contribution < -0.4 is 0 Å². The largest absolute Gasteiger partial charge is 0.466 e. The van der Waals surface area contributed by atoms with Gasteiger partial charge in [-0.25, -0.2) is 0 Å². The molecule has 0 saturated heterocycles. The van der Waals surface area contributed by atoms with E-state index < -0.39 is 0 Å². The Morgan fingerprint density at radius 2 is 1.92 bits per heavy atom.